The molecule has 0 saturated carbocycles. The highest BCUT2D eigenvalue weighted by molar-refractivity contribution is 5.65. The van der Waals surface area contributed by atoms with Crippen LogP contribution in [0.2, 0.25) is 0 Å². The molecule has 0 radical (unpaired) electrons. The summed E-state index contributed by atoms with van der Waals surface area (Å²) in [5.74, 6) is 2.55. The van der Waals surface area contributed by atoms with Crippen molar-refractivity contribution in [2.45, 2.75) is 33.1 Å². The van der Waals surface area contributed by atoms with Gasteiger partial charge in [0.05, 0.1) is 14.2 Å². The highest BCUT2D eigenvalue weighted by Gasteiger charge is 2.18. The third kappa shape index (κ3) is 4.96. The molecule has 0 aliphatic rings. The quantitative estimate of drug-likeness (QED) is 0.570. The van der Waals surface area contributed by atoms with Crippen LogP contribution in [0.5, 0.6) is 11.5 Å². The summed E-state index contributed by atoms with van der Waals surface area (Å²) in [6.07, 6.45) is 0. The van der Waals surface area contributed by atoms with E-state index in [9.17, 15) is 0 Å². The Morgan fingerprint density at radius 2 is 1.55 bits per heavy atom. The van der Waals surface area contributed by atoms with Crippen LogP contribution in [0.4, 0.5) is 23.1 Å². The van der Waals surface area contributed by atoms with Gasteiger partial charge >= 0.3 is 0 Å². The first kappa shape index (κ1) is 20.5. The average Bonchev–Trinajstić information content (AvgIpc) is 2.67. The van der Waals surface area contributed by atoms with E-state index in [4.69, 9.17) is 9.47 Å². The zero-order valence-electron chi connectivity index (χ0n) is 17.8. The summed E-state index contributed by atoms with van der Waals surface area (Å²) in [5, 5.41) is 6.70. The molecule has 0 saturated heterocycles. The molecule has 0 bridgehead atoms. The van der Waals surface area contributed by atoms with Crippen LogP contribution < -0.4 is 20.1 Å². The Morgan fingerprint density at radius 1 is 0.828 bits per heavy atom. The minimum atomic E-state index is 0.0202. The van der Waals surface area contributed by atoms with Gasteiger partial charge in [0, 0.05) is 29.2 Å². The summed E-state index contributed by atoms with van der Waals surface area (Å²) >= 11 is 0. The van der Waals surface area contributed by atoms with Crippen molar-refractivity contribution in [1.82, 2.24) is 9.97 Å². The van der Waals surface area contributed by atoms with Crippen LogP contribution in [0.25, 0.3) is 0 Å². The van der Waals surface area contributed by atoms with Crippen molar-refractivity contribution in [2.75, 3.05) is 24.9 Å². The predicted molar refractivity (Wildman–Crippen MR) is 118 cm³/mol. The predicted octanol–water partition coefficient (Wildman–Crippen LogP) is 5.59. The lowest BCUT2D eigenvalue weighted by atomic mass is 9.86. The largest absolute Gasteiger partial charge is 0.493 e. The van der Waals surface area contributed by atoms with E-state index in [1.54, 1.807) is 14.2 Å². The Bertz CT molecular complexity index is 996. The maximum atomic E-state index is 5.37. The summed E-state index contributed by atoms with van der Waals surface area (Å²) in [7, 11) is 3.22. The van der Waals surface area contributed by atoms with Gasteiger partial charge in [0.25, 0.3) is 0 Å². The van der Waals surface area contributed by atoms with Crippen molar-refractivity contribution >= 4 is 23.1 Å². The van der Waals surface area contributed by atoms with Crippen molar-refractivity contribution in [3.63, 3.8) is 0 Å². The van der Waals surface area contributed by atoms with E-state index >= 15 is 0 Å². The number of nitrogens with zero attached hydrogens (tertiary/aromatic N) is 2. The fourth-order valence-electron chi connectivity index (χ4n) is 3.12. The lowest BCUT2D eigenvalue weighted by Gasteiger charge is -2.23. The molecule has 0 spiro atoms. The van der Waals surface area contributed by atoms with E-state index in [-0.39, 0.29) is 5.41 Å². The molecule has 2 N–H and O–H groups in total. The Labute approximate surface area is 172 Å². The molecule has 0 aliphatic heterocycles. The normalized spacial score (nSPS) is 11.1. The van der Waals surface area contributed by atoms with Crippen molar-refractivity contribution in [1.29, 1.82) is 0 Å². The van der Waals surface area contributed by atoms with E-state index in [1.807, 2.05) is 37.3 Å². The summed E-state index contributed by atoms with van der Waals surface area (Å²) in [4.78, 5) is 9.15. The van der Waals surface area contributed by atoms with Crippen LogP contribution in [0.1, 0.15) is 32.0 Å². The van der Waals surface area contributed by atoms with Gasteiger partial charge in [-0.3, -0.25) is 0 Å². The highest BCUT2D eigenvalue weighted by Crippen LogP contribution is 2.32. The molecule has 29 heavy (non-hydrogen) atoms. The van der Waals surface area contributed by atoms with Crippen LogP contribution in [0.3, 0.4) is 0 Å². The second-order valence-electron chi connectivity index (χ2n) is 7.83. The molecule has 1 heterocycles. The van der Waals surface area contributed by atoms with Crippen LogP contribution >= 0.6 is 0 Å². The van der Waals surface area contributed by atoms with Gasteiger partial charge in [-0.05, 0) is 36.1 Å². The standard InChI is InChI=1S/C23H28N4O2/c1-15-13-21(26-18-10-8-7-9-17(18)23(2,3)4)27-22(24-15)25-16-11-12-19(28-5)20(14-16)29-6/h7-14H,1-6H3,(H2,24,25,26,27). The molecular weight excluding hydrogens is 364 g/mol. The Hall–Kier alpha value is -3.28. The smallest absolute Gasteiger partial charge is 0.229 e. The summed E-state index contributed by atoms with van der Waals surface area (Å²) < 4.78 is 10.7. The van der Waals surface area contributed by atoms with Crippen LogP contribution in [-0.4, -0.2) is 24.2 Å². The first-order chi connectivity index (χ1) is 13.8. The molecule has 0 fully saturated rings. The van der Waals surface area contributed by atoms with Gasteiger partial charge in [-0.2, -0.15) is 4.98 Å². The number of para-hydroxylation sites is 1. The molecule has 6 nitrogen and oxygen atoms in total. The molecule has 152 valence electrons. The minimum Gasteiger partial charge on any atom is -0.493 e. The maximum Gasteiger partial charge on any atom is 0.229 e. The van der Waals surface area contributed by atoms with Crippen molar-refractivity contribution in [3.05, 3.63) is 59.8 Å². The molecule has 2 aromatic carbocycles. The Morgan fingerprint density at radius 3 is 2.24 bits per heavy atom. The van der Waals surface area contributed by atoms with Gasteiger partial charge in [0.1, 0.15) is 5.82 Å². The van der Waals surface area contributed by atoms with Crippen molar-refractivity contribution in [3.8, 4) is 11.5 Å². The number of ether oxygens (including phenoxy) is 2. The van der Waals surface area contributed by atoms with E-state index in [0.717, 1.165) is 22.9 Å². The molecular formula is C23H28N4O2. The van der Waals surface area contributed by atoms with Crippen molar-refractivity contribution in [2.24, 2.45) is 0 Å². The number of anilines is 4. The third-order valence-electron chi connectivity index (χ3n) is 4.49. The number of methoxy groups -OCH3 is 2. The topological polar surface area (TPSA) is 68.3 Å². The summed E-state index contributed by atoms with van der Waals surface area (Å²) in [5.41, 5.74) is 3.96. The number of nitrogens with one attached hydrogen (secondary N) is 2. The van der Waals surface area contributed by atoms with Crippen molar-refractivity contribution < 1.29 is 9.47 Å². The fraction of sp³-hybridized carbons (Fsp3) is 0.304. The third-order valence-corrected chi connectivity index (χ3v) is 4.49. The second-order valence-corrected chi connectivity index (χ2v) is 7.83. The highest BCUT2D eigenvalue weighted by atomic mass is 16.5. The summed E-state index contributed by atoms with van der Waals surface area (Å²) in [6, 6.07) is 15.8. The average molecular weight is 393 g/mol. The SMILES string of the molecule is COc1ccc(Nc2nc(C)cc(Nc3ccccc3C(C)(C)C)n2)cc1OC. The number of hydrogen-bond acceptors (Lipinski definition) is 6. The molecule has 0 unspecified atom stereocenters. The van der Waals surface area contributed by atoms with E-state index in [1.165, 1.54) is 5.56 Å². The summed E-state index contributed by atoms with van der Waals surface area (Å²) in [6.45, 7) is 8.54. The van der Waals surface area contributed by atoms with Gasteiger partial charge < -0.3 is 20.1 Å². The maximum absolute atomic E-state index is 5.37. The Balaban J connectivity index is 1.88. The van der Waals surface area contributed by atoms with E-state index < -0.39 is 0 Å². The molecule has 3 aromatic rings. The molecule has 0 atom stereocenters. The van der Waals surface area contributed by atoms with Gasteiger partial charge in [-0.1, -0.05) is 39.0 Å². The molecule has 0 amide bonds. The van der Waals surface area contributed by atoms with E-state index in [0.29, 0.717) is 17.4 Å². The first-order valence-corrected chi connectivity index (χ1v) is 9.51. The fourth-order valence-corrected chi connectivity index (χ4v) is 3.12. The number of aromatic nitrogens is 2. The molecule has 0 aliphatic carbocycles. The lowest BCUT2D eigenvalue weighted by molar-refractivity contribution is 0.355. The second kappa shape index (κ2) is 8.39. The molecule has 3 rings (SSSR count). The number of benzene rings is 2. The van der Waals surface area contributed by atoms with Gasteiger partial charge in [-0.15, -0.1) is 0 Å². The molecule has 1 aromatic heterocycles. The van der Waals surface area contributed by atoms with Gasteiger partial charge in [0.15, 0.2) is 11.5 Å². The van der Waals surface area contributed by atoms with E-state index in [2.05, 4.69) is 59.6 Å². The zero-order valence-corrected chi connectivity index (χ0v) is 17.8. The molecule has 6 heteroatoms. The first-order valence-electron chi connectivity index (χ1n) is 9.51. The van der Waals surface area contributed by atoms with Gasteiger partial charge in [-0.25, -0.2) is 4.98 Å². The number of aryl methyl sites for hydroxylation is 1. The van der Waals surface area contributed by atoms with Gasteiger partial charge in [0.2, 0.25) is 5.95 Å². The Kier molecular flexibility index (Phi) is 5.92. The lowest BCUT2D eigenvalue weighted by Crippen LogP contribution is -2.14. The van der Waals surface area contributed by atoms with Crippen LogP contribution in [0, 0.1) is 6.92 Å². The number of hydrogen-bond donors (Lipinski definition) is 2. The van der Waals surface area contributed by atoms with Crippen LogP contribution in [0.15, 0.2) is 48.5 Å². The zero-order chi connectivity index (χ0) is 21.0. The minimum absolute atomic E-state index is 0.0202. The number of rotatable bonds is 6. The monoisotopic (exact) mass is 392 g/mol. The van der Waals surface area contributed by atoms with Crippen LogP contribution in [-0.2, 0) is 5.41 Å².